The van der Waals surface area contributed by atoms with Crippen LogP contribution in [0.4, 0.5) is 18.9 Å². The zero-order valence-electron chi connectivity index (χ0n) is 26.0. The van der Waals surface area contributed by atoms with Gasteiger partial charge in [-0.1, -0.05) is 97.2 Å². The number of hydrogen-bond donors (Lipinski definition) is 1. The zero-order chi connectivity index (χ0) is 34.9. The van der Waals surface area contributed by atoms with Gasteiger partial charge in [-0.05, 0) is 60.0 Å². The summed E-state index contributed by atoms with van der Waals surface area (Å²) in [4.78, 5) is 29.3. The molecular formula is C35H34Cl2F3N3O4S. The first-order valence-electron chi connectivity index (χ1n) is 15.1. The van der Waals surface area contributed by atoms with Crippen LogP contribution >= 0.6 is 23.2 Å². The van der Waals surface area contributed by atoms with E-state index in [9.17, 15) is 31.2 Å². The SMILES string of the molecule is CCCCNC(=O)[C@H](Cc1ccccc1)N(Cc1cccc(Cl)c1)C(=O)CN(c1cc(C(F)(F)F)ccc1Cl)S(=O)(=O)c1ccccc1. The van der Waals surface area contributed by atoms with E-state index in [-0.39, 0.29) is 22.9 Å². The number of benzene rings is 4. The maximum Gasteiger partial charge on any atom is 0.416 e. The molecule has 0 aromatic heterocycles. The van der Waals surface area contributed by atoms with Crippen LogP contribution in [0.1, 0.15) is 36.5 Å². The fourth-order valence-corrected chi connectivity index (χ4v) is 6.93. The molecular weight excluding hydrogens is 686 g/mol. The highest BCUT2D eigenvalue weighted by Gasteiger charge is 2.37. The molecule has 0 saturated carbocycles. The molecule has 0 aliphatic rings. The molecule has 0 aliphatic carbocycles. The molecule has 7 nitrogen and oxygen atoms in total. The first-order valence-corrected chi connectivity index (χ1v) is 17.3. The van der Waals surface area contributed by atoms with Crippen LogP contribution in [0, 0.1) is 0 Å². The molecule has 4 aromatic carbocycles. The van der Waals surface area contributed by atoms with Crippen molar-refractivity contribution in [3.8, 4) is 0 Å². The van der Waals surface area contributed by atoms with E-state index in [0.29, 0.717) is 33.9 Å². The monoisotopic (exact) mass is 719 g/mol. The highest BCUT2D eigenvalue weighted by molar-refractivity contribution is 7.92. The van der Waals surface area contributed by atoms with Crippen molar-refractivity contribution >= 4 is 50.7 Å². The van der Waals surface area contributed by atoms with E-state index in [0.717, 1.165) is 24.1 Å². The Hall–Kier alpha value is -4.06. The molecule has 2 amide bonds. The number of sulfonamides is 1. The minimum Gasteiger partial charge on any atom is -0.354 e. The molecule has 0 heterocycles. The van der Waals surface area contributed by atoms with E-state index >= 15 is 0 Å². The molecule has 1 N–H and O–H groups in total. The van der Waals surface area contributed by atoms with E-state index in [2.05, 4.69) is 5.32 Å². The van der Waals surface area contributed by atoms with Gasteiger partial charge >= 0.3 is 6.18 Å². The predicted molar refractivity (Wildman–Crippen MR) is 181 cm³/mol. The van der Waals surface area contributed by atoms with Crippen molar-refractivity contribution in [3.63, 3.8) is 0 Å². The summed E-state index contributed by atoms with van der Waals surface area (Å²) in [6, 6.07) is 23.7. The molecule has 0 aliphatic heterocycles. The van der Waals surface area contributed by atoms with Crippen LogP contribution < -0.4 is 9.62 Å². The third-order valence-corrected chi connectivity index (χ3v) is 9.82. The molecule has 0 bridgehead atoms. The van der Waals surface area contributed by atoms with Gasteiger partial charge in [-0.15, -0.1) is 0 Å². The van der Waals surface area contributed by atoms with Crippen LogP contribution in [0.5, 0.6) is 0 Å². The summed E-state index contributed by atoms with van der Waals surface area (Å²) >= 11 is 12.6. The maximum absolute atomic E-state index is 14.5. The van der Waals surface area contributed by atoms with Crippen molar-refractivity contribution < 1.29 is 31.2 Å². The molecule has 0 radical (unpaired) electrons. The van der Waals surface area contributed by atoms with E-state index in [4.69, 9.17) is 23.2 Å². The number of amides is 2. The average molecular weight is 721 g/mol. The second kappa shape index (κ2) is 16.4. The summed E-state index contributed by atoms with van der Waals surface area (Å²) in [6.45, 7) is 1.18. The van der Waals surface area contributed by atoms with E-state index in [1.54, 1.807) is 60.7 Å². The van der Waals surface area contributed by atoms with E-state index < -0.39 is 51.9 Å². The maximum atomic E-state index is 14.5. The van der Waals surface area contributed by atoms with Gasteiger partial charge in [0.05, 0.1) is 21.2 Å². The number of unbranched alkanes of at least 4 members (excludes halogenated alkanes) is 1. The van der Waals surface area contributed by atoms with Crippen LogP contribution in [0.15, 0.2) is 108 Å². The quantitative estimate of drug-likeness (QED) is 0.135. The highest BCUT2D eigenvalue weighted by Crippen LogP contribution is 2.37. The van der Waals surface area contributed by atoms with Crippen molar-refractivity contribution in [1.29, 1.82) is 0 Å². The summed E-state index contributed by atoms with van der Waals surface area (Å²) in [5.41, 5.74) is -0.425. The molecule has 4 aromatic rings. The van der Waals surface area contributed by atoms with Crippen LogP contribution in [0.2, 0.25) is 10.0 Å². The van der Waals surface area contributed by atoms with Gasteiger partial charge in [0.25, 0.3) is 10.0 Å². The van der Waals surface area contributed by atoms with Gasteiger partial charge in [0.2, 0.25) is 11.8 Å². The Morgan fingerprint density at radius 2 is 1.50 bits per heavy atom. The second-order valence-corrected chi connectivity index (χ2v) is 13.7. The van der Waals surface area contributed by atoms with Crippen LogP contribution in [0.3, 0.4) is 0 Å². The van der Waals surface area contributed by atoms with Crippen LogP contribution in [-0.4, -0.2) is 44.3 Å². The van der Waals surface area contributed by atoms with E-state index in [1.165, 1.54) is 29.2 Å². The lowest BCUT2D eigenvalue weighted by molar-refractivity contribution is -0.140. The fraction of sp³-hybridized carbons (Fsp3) is 0.257. The van der Waals surface area contributed by atoms with Gasteiger partial charge in [0, 0.05) is 24.5 Å². The van der Waals surface area contributed by atoms with Crippen molar-refractivity contribution in [3.05, 3.63) is 130 Å². The Labute approximate surface area is 288 Å². The van der Waals surface area contributed by atoms with Gasteiger partial charge in [0.1, 0.15) is 12.6 Å². The summed E-state index contributed by atoms with van der Waals surface area (Å²) in [6.07, 6.45) is -3.27. The number of halogens is 5. The lowest BCUT2D eigenvalue weighted by atomic mass is 10.0. The Balaban J connectivity index is 1.85. The van der Waals surface area contributed by atoms with E-state index in [1.807, 2.05) is 6.92 Å². The lowest BCUT2D eigenvalue weighted by Crippen LogP contribution is -2.53. The molecule has 254 valence electrons. The summed E-state index contributed by atoms with van der Waals surface area (Å²) in [7, 11) is -4.66. The third-order valence-electron chi connectivity index (χ3n) is 7.49. The zero-order valence-corrected chi connectivity index (χ0v) is 28.3. The van der Waals surface area contributed by atoms with Crippen molar-refractivity contribution in [1.82, 2.24) is 10.2 Å². The summed E-state index contributed by atoms with van der Waals surface area (Å²) in [5.74, 6) is -1.33. The number of alkyl halides is 3. The van der Waals surface area contributed by atoms with Crippen molar-refractivity contribution in [2.24, 2.45) is 0 Å². The Bertz CT molecular complexity index is 1810. The number of nitrogens with zero attached hydrogens (tertiary/aromatic N) is 2. The molecule has 0 fully saturated rings. The molecule has 13 heteroatoms. The smallest absolute Gasteiger partial charge is 0.354 e. The number of carbonyl (C=O) groups excluding carboxylic acids is 2. The van der Waals surface area contributed by atoms with Crippen LogP contribution in [0.25, 0.3) is 0 Å². The van der Waals surface area contributed by atoms with Gasteiger partial charge in [0.15, 0.2) is 0 Å². The highest BCUT2D eigenvalue weighted by atomic mass is 35.5. The number of hydrogen-bond acceptors (Lipinski definition) is 4. The molecule has 4 rings (SSSR count). The fourth-order valence-electron chi connectivity index (χ4n) is 5.01. The standard InChI is InChI=1S/C35H34Cl2F3N3O4S/c1-2-3-19-41-34(45)32(21-25-11-6-4-7-12-25)42(23-26-13-10-14-28(36)20-26)33(44)24-43(48(46,47)29-15-8-5-9-16-29)31-22-27(35(38,39)40)17-18-30(31)37/h4-18,20,22,32H,2-3,19,21,23-24H2,1H3,(H,41,45)/t32-/m0/s1. The number of rotatable bonds is 14. The average Bonchev–Trinajstić information content (AvgIpc) is 3.06. The van der Waals surface area contributed by atoms with Crippen LogP contribution in [-0.2, 0) is 38.8 Å². The largest absolute Gasteiger partial charge is 0.416 e. The molecule has 0 spiro atoms. The predicted octanol–water partition coefficient (Wildman–Crippen LogP) is 7.76. The molecule has 1 atom stereocenters. The van der Waals surface area contributed by atoms with Gasteiger partial charge in [-0.2, -0.15) is 13.2 Å². The minimum absolute atomic E-state index is 0.0703. The second-order valence-electron chi connectivity index (χ2n) is 11.0. The Morgan fingerprint density at radius 1 is 0.854 bits per heavy atom. The first kappa shape index (κ1) is 36.8. The third kappa shape index (κ3) is 9.52. The van der Waals surface area contributed by atoms with Gasteiger partial charge in [-0.25, -0.2) is 8.42 Å². The molecule has 48 heavy (non-hydrogen) atoms. The molecule has 0 unspecified atom stereocenters. The molecule has 0 saturated heterocycles. The first-order chi connectivity index (χ1) is 22.8. The summed E-state index contributed by atoms with van der Waals surface area (Å²) < 4.78 is 70.3. The Kier molecular flexibility index (Phi) is 12.5. The number of nitrogens with one attached hydrogen (secondary N) is 1. The van der Waals surface area contributed by atoms with Gasteiger partial charge in [-0.3, -0.25) is 13.9 Å². The lowest BCUT2D eigenvalue weighted by Gasteiger charge is -2.34. The number of anilines is 1. The normalized spacial score (nSPS) is 12.3. The summed E-state index contributed by atoms with van der Waals surface area (Å²) in [5, 5.41) is 2.92. The minimum atomic E-state index is -4.83. The topological polar surface area (TPSA) is 86.8 Å². The van der Waals surface area contributed by atoms with Crippen molar-refractivity contribution in [2.45, 2.75) is 49.8 Å². The van der Waals surface area contributed by atoms with Gasteiger partial charge < -0.3 is 10.2 Å². The number of carbonyl (C=O) groups is 2. The Morgan fingerprint density at radius 3 is 2.12 bits per heavy atom. The van der Waals surface area contributed by atoms with Crippen molar-refractivity contribution in [2.75, 3.05) is 17.4 Å².